The van der Waals surface area contributed by atoms with Crippen LogP contribution in [0.15, 0.2) is 23.1 Å². The Bertz CT molecular complexity index is 1130. The van der Waals surface area contributed by atoms with E-state index in [-0.39, 0.29) is 34.8 Å². The molecular formula is C18H26N6O5S2. The molecule has 0 radical (unpaired) electrons. The molecule has 1 aromatic heterocycles. The quantitative estimate of drug-likeness (QED) is 0.386. The first-order valence-electron chi connectivity index (χ1n) is 9.66. The van der Waals surface area contributed by atoms with Crippen LogP contribution in [0.4, 0.5) is 5.69 Å². The van der Waals surface area contributed by atoms with Crippen molar-refractivity contribution in [2.24, 2.45) is 0 Å². The number of H-pyrrole nitrogens is 1. The lowest BCUT2D eigenvalue weighted by Gasteiger charge is -2.33. The van der Waals surface area contributed by atoms with E-state index >= 15 is 0 Å². The van der Waals surface area contributed by atoms with E-state index < -0.39 is 14.9 Å². The Balaban J connectivity index is 1.71. The number of nitro benzene ring substituents is 1. The molecule has 0 saturated carbocycles. The van der Waals surface area contributed by atoms with Crippen LogP contribution in [0.3, 0.4) is 0 Å². The number of hydrogen-bond acceptors (Lipinski definition) is 8. The lowest BCUT2D eigenvalue weighted by molar-refractivity contribution is -0.386. The number of aromatic nitrogens is 3. The summed E-state index contributed by atoms with van der Waals surface area (Å²) in [6, 6.07) is 3.66. The summed E-state index contributed by atoms with van der Waals surface area (Å²) in [7, 11) is -2.57. The van der Waals surface area contributed by atoms with Crippen molar-refractivity contribution in [3.63, 3.8) is 0 Å². The van der Waals surface area contributed by atoms with Gasteiger partial charge in [0, 0.05) is 37.7 Å². The number of nitrogens with zero attached hydrogens (tertiary/aromatic N) is 5. The third kappa shape index (κ3) is 4.95. The number of nitro groups is 1. The molecule has 1 N–H and O–H groups in total. The summed E-state index contributed by atoms with van der Waals surface area (Å²) < 4.78 is 34.5. The molecule has 170 valence electrons. The zero-order valence-corrected chi connectivity index (χ0v) is 19.5. The molecule has 0 aliphatic carbocycles. The van der Waals surface area contributed by atoms with Crippen LogP contribution < -0.4 is 4.74 Å². The molecule has 0 unspecified atom stereocenters. The fraction of sp³-hybridized carbons (Fsp3) is 0.556. The van der Waals surface area contributed by atoms with Crippen molar-refractivity contribution in [2.45, 2.75) is 37.8 Å². The summed E-state index contributed by atoms with van der Waals surface area (Å²) in [5, 5.41) is 14.5. The van der Waals surface area contributed by atoms with Crippen LogP contribution in [-0.4, -0.2) is 70.6 Å². The first kappa shape index (κ1) is 23.3. The molecule has 13 heteroatoms. The number of piperazine rings is 1. The van der Waals surface area contributed by atoms with E-state index in [2.05, 4.69) is 15.0 Å². The number of nitrogens with one attached hydrogen (secondary N) is 1. The van der Waals surface area contributed by atoms with Crippen LogP contribution in [0.5, 0.6) is 5.75 Å². The van der Waals surface area contributed by atoms with Gasteiger partial charge in [-0.3, -0.25) is 20.1 Å². The van der Waals surface area contributed by atoms with Crippen molar-refractivity contribution in [2.75, 3.05) is 33.3 Å². The second-order valence-electron chi connectivity index (χ2n) is 8.29. The Morgan fingerprint density at radius 1 is 1.26 bits per heavy atom. The number of benzene rings is 1. The van der Waals surface area contributed by atoms with Crippen LogP contribution in [0.2, 0.25) is 0 Å². The zero-order valence-electron chi connectivity index (χ0n) is 17.9. The first-order chi connectivity index (χ1) is 14.4. The molecule has 1 aromatic carbocycles. The van der Waals surface area contributed by atoms with Gasteiger partial charge >= 0.3 is 5.69 Å². The van der Waals surface area contributed by atoms with E-state index in [0.29, 0.717) is 24.5 Å². The predicted octanol–water partition coefficient (Wildman–Crippen LogP) is 2.12. The van der Waals surface area contributed by atoms with E-state index in [1.807, 2.05) is 20.8 Å². The first-order valence-corrected chi connectivity index (χ1v) is 11.5. The molecule has 1 fully saturated rings. The van der Waals surface area contributed by atoms with E-state index in [0.717, 1.165) is 11.9 Å². The van der Waals surface area contributed by atoms with Crippen LogP contribution >= 0.6 is 12.2 Å². The lowest BCUT2D eigenvalue weighted by Crippen LogP contribution is -2.48. The van der Waals surface area contributed by atoms with Gasteiger partial charge in [-0.2, -0.15) is 4.31 Å². The molecule has 11 nitrogen and oxygen atoms in total. The van der Waals surface area contributed by atoms with Crippen LogP contribution in [0.25, 0.3) is 0 Å². The number of rotatable bonds is 6. The van der Waals surface area contributed by atoms with E-state index in [1.54, 1.807) is 4.68 Å². The minimum absolute atomic E-state index is 0.0136. The second-order valence-corrected chi connectivity index (χ2v) is 10.6. The molecule has 31 heavy (non-hydrogen) atoms. The lowest BCUT2D eigenvalue weighted by atomic mass is 9.96. The number of aromatic amines is 1. The van der Waals surface area contributed by atoms with Crippen molar-refractivity contribution in [1.82, 2.24) is 24.0 Å². The molecule has 3 rings (SSSR count). The average Bonchev–Trinajstić information content (AvgIpc) is 3.08. The molecule has 1 saturated heterocycles. The zero-order chi connectivity index (χ0) is 23.0. The molecular weight excluding hydrogens is 444 g/mol. The maximum absolute atomic E-state index is 13.0. The summed E-state index contributed by atoms with van der Waals surface area (Å²) >= 11 is 5.33. The summed E-state index contributed by atoms with van der Waals surface area (Å²) in [5.74, 6) is 0.805. The Morgan fingerprint density at radius 3 is 2.42 bits per heavy atom. The number of hydrogen-bond donors (Lipinski definition) is 1. The molecule has 1 aliphatic rings. The van der Waals surface area contributed by atoms with Gasteiger partial charge in [0.15, 0.2) is 5.75 Å². The molecule has 0 atom stereocenters. The Hall–Kier alpha value is -2.35. The number of methoxy groups -OCH3 is 1. The SMILES string of the molecule is COc1ccc(S(=O)(=O)N2CCN(Cn3[nH]c(C(C)(C)C)nc3=S)CC2)cc1[N+](=O)[O-]. The fourth-order valence-corrected chi connectivity index (χ4v) is 4.86. The van der Waals surface area contributed by atoms with Gasteiger partial charge < -0.3 is 4.74 Å². The molecule has 2 aromatic rings. The summed E-state index contributed by atoms with van der Waals surface area (Å²) in [5.41, 5.74) is -0.544. The predicted molar refractivity (Wildman–Crippen MR) is 116 cm³/mol. The Kier molecular flexibility index (Phi) is 6.51. The van der Waals surface area contributed by atoms with E-state index in [4.69, 9.17) is 17.0 Å². The monoisotopic (exact) mass is 470 g/mol. The molecule has 2 heterocycles. The summed E-state index contributed by atoms with van der Waals surface area (Å²) in [6.45, 7) is 8.09. The third-order valence-electron chi connectivity index (χ3n) is 5.05. The molecule has 0 spiro atoms. The molecule has 0 amide bonds. The fourth-order valence-electron chi connectivity index (χ4n) is 3.22. The van der Waals surface area contributed by atoms with Crippen molar-refractivity contribution in [3.05, 3.63) is 38.9 Å². The molecule has 1 aliphatic heterocycles. The van der Waals surface area contributed by atoms with Gasteiger partial charge in [-0.15, -0.1) is 0 Å². The average molecular weight is 471 g/mol. The topological polar surface area (TPSA) is 127 Å². The van der Waals surface area contributed by atoms with Crippen LogP contribution in [-0.2, 0) is 22.1 Å². The normalized spacial score (nSPS) is 16.4. The summed E-state index contributed by atoms with van der Waals surface area (Å²) in [4.78, 5) is 16.9. The number of ether oxygens (including phenoxy) is 1. The van der Waals surface area contributed by atoms with Gasteiger partial charge in [0.05, 0.1) is 23.6 Å². The van der Waals surface area contributed by atoms with Gasteiger partial charge in [-0.05, 0) is 24.4 Å². The van der Waals surface area contributed by atoms with Gasteiger partial charge in [0.25, 0.3) is 0 Å². The van der Waals surface area contributed by atoms with Gasteiger partial charge in [-0.25, -0.2) is 18.1 Å². The van der Waals surface area contributed by atoms with Crippen LogP contribution in [0, 0.1) is 14.9 Å². The second kappa shape index (κ2) is 8.65. The van der Waals surface area contributed by atoms with Gasteiger partial charge in [0.2, 0.25) is 14.8 Å². The Morgan fingerprint density at radius 2 is 1.90 bits per heavy atom. The van der Waals surface area contributed by atoms with Crippen LogP contribution in [0.1, 0.15) is 26.6 Å². The van der Waals surface area contributed by atoms with E-state index in [9.17, 15) is 18.5 Å². The minimum Gasteiger partial charge on any atom is -0.490 e. The minimum atomic E-state index is -3.86. The van der Waals surface area contributed by atoms with Crippen molar-refractivity contribution in [1.29, 1.82) is 0 Å². The third-order valence-corrected chi connectivity index (χ3v) is 7.25. The standard InChI is InChI=1S/C18H26N6O5S2/c1-18(2,3)16-19-17(30)23(20-16)12-21-7-9-22(10-8-21)31(27,28)13-5-6-15(29-4)14(11-13)24(25)26/h5-6,11H,7-10,12H2,1-4H3,(H,19,20,30). The highest BCUT2D eigenvalue weighted by Gasteiger charge is 2.31. The Labute approximate surface area is 185 Å². The van der Waals surface area contributed by atoms with Gasteiger partial charge in [0.1, 0.15) is 5.82 Å². The number of sulfonamides is 1. The molecule has 0 bridgehead atoms. The smallest absolute Gasteiger partial charge is 0.312 e. The van der Waals surface area contributed by atoms with Crippen molar-refractivity contribution < 1.29 is 18.1 Å². The maximum atomic E-state index is 13.0. The van der Waals surface area contributed by atoms with Crippen molar-refractivity contribution >= 4 is 27.9 Å². The summed E-state index contributed by atoms with van der Waals surface area (Å²) in [6.07, 6.45) is 0. The van der Waals surface area contributed by atoms with Gasteiger partial charge in [-0.1, -0.05) is 20.8 Å². The maximum Gasteiger partial charge on any atom is 0.312 e. The van der Waals surface area contributed by atoms with Crippen molar-refractivity contribution in [3.8, 4) is 5.75 Å². The highest BCUT2D eigenvalue weighted by molar-refractivity contribution is 7.89. The highest BCUT2D eigenvalue weighted by Crippen LogP contribution is 2.30. The van der Waals surface area contributed by atoms with E-state index in [1.165, 1.54) is 23.5 Å². The largest absolute Gasteiger partial charge is 0.490 e. The highest BCUT2D eigenvalue weighted by atomic mass is 32.2.